The van der Waals surface area contributed by atoms with Crippen molar-refractivity contribution in [3.63, 3.8) is 0 Å². The minimum absolute atomic E-state index is 0.0179. The third kappa shape index (κ3) is 3.27. The molecule has 2 rings (SSSR count). The topological polar surface area (TPSA) is 29.1 Å². The summed E-state index contributed by atoms with van der Waals surface area (Å²) in [6.45, 7) is 2.00. The molecular formula is C15H12Br2FNO. The summed E-state index contributed by atoms with van der Waals surface area (Å²) in [6.07, 6.45) is 0.774. The van der Waals surface area contributed by atoms with Crippen LogP contribution in [0.4, 0.5) is 10.1 Å². The van der Waals surface area contributed by atoms with Crippen LogP contribution in [0.25, 0.3) is 0 Å². The summed E-state index contributed by atoms with van der Waals surface area (Å²) in [6, 6.07) is 10.2. The normalized spacial score (nSPS) is 10.4. The zero-order valence-corrected chi connectivity index (χ0v) is 13.9. The number of benzene rings is 2. The van der Waals surface area contributed by atoms with Crippen LogP contribution < -0.4 is 5.32 Å². The minimum Gasteiger partial charge on any atom is -0.322 e. The van der Waals surface area contributed by atoms with Gasteiger partial charge in [0.2, 0.25) is 0 Å². The van der Waals surface area contributed by atoms with E-state index in [1.807, 2.05) is 19.1 Å². The summed E-state index contributed by atoms with van der Waals surface area (Å²) in [7, 11) is 0. The first kappa shape index (κ1) is 15.2. The Bertz CT molecular complexity index is 658. The lowest BCUT2D eigenvalue weighted by Crippen LogP contribution is -2.15. The standard InChI is InChI=1S/C15H12Br2FNO/c1-2-9-8-10(16)6-7-13(9)19-15(20)11-4-3-5-12(17)14(11)18/h3-8H,2H2,1H3,(H,19,20). The highest BCUT2D eigenvalue weighted by atomic mass is 79.9. The van der Waals surface area contributed by atoms with E-state index in [-0.39, 0.29) is 10.0 Å². The third-order valence-electron chi connectivity index (χ3n) is 2.89. The Balaban J connectivity index is 2.30. The van der Waals surface area contributed by atoms with Crippen molar-refractivity contribution in [2.24, 2.45) is 0 Å². The molecule has 20 heavy (non-hydrogen) atoms. The number of halogens is 3. The van der Waals surface area contributed by atoms with Gasteiger partial charge in [0.1, 0.15) is 5.82 Å². The summed E-state index contributed by atoms with van der Waals surface area (Å²) >= 11 is 6.47. The van der Waals surface area contributed by atoms with Gasteiger partial charge in [-0.15, -0.1) is 0 Å². The van der Waals surface area contributed by atoms with Crippen LogP contribution in [0.15, 0.2) is 45.3 Å². The first-order valence-electron chi connectivity index (χ1n) is 6.06. The van der Waals surface area contributed by atoms with Gasteiger partial charge in [-0.3, -0.25) is 4.79 Å². The molecule has 1 amide bonds. The number of rotatable bonds is 3. The number of carbonyl (C=O) groups excluding carboxylic acids is 1. The van der Waals surface area contributed by atoms with Crippen molar-refractivity contribution < 1.29 is 9.18 Å². The maximum atomic E-state index is 13.9. The molecule has 2 nitrogen and oxygen atoms in total. The average molecular weight is 401 g/mol. The SMILES string of the molecule is CCc1cc(Br)ccc1NC(=O)c1cccc(Br)c1F. The van der Waals surface area contributed by atoms with Gasteiger partial charge in [0, 0.05) is 10.2 Å². The molecule has 0 aromatic heterocycles. The number of hydrogen-bond acceptors (Lipinski definition) is 1. The Morgan fingerprint density at radius 2 is 2.00 bits per heavy atom. The van der Waals surface area contributed by atoms with Crippen LogP contribution >= 0.6 is 31.9 Å². The molecule has 0 aliphatic carbocycles. The van der Waals surface area contributed by atoms with Crippen molar-refractivity contribution >= 4 is 43.5 Å². The van der Waals surface area contributed by atoms with Crippen LogP contribution in [-0.4, -0.2) is 5.91 Å². The lowest BCUT2D eigenvalue weighted by atomic mass is 10.1. The van der Waals surface area contributed by atoms with Crippen LogP contribution in [0, 0.1) is 5.82 Å². The monoisotopic (exact) mass is 399 g/mol. The second-order valence-corrected chi connectivity index (χ2v) is 5.98. The molecule has 0 spiro atoms. The number of aryl methyl sites for hydroxylation is 1. The van der Waals surface area contributed by atoms with E-state index in [2.05, 4.69) is 37.2 Å². The molecule has 0 unspecified atom stereocenters. The van der Waals surface area contributed by atoms with E-state index < -0.39 is 11.7 Å². The van der Waals surface area contributed by atoms with Gasteiger partial charge < -0.3 is 5.32 Å². The molecule has 104 valence electrons. The molecule has 0 aliphatic rings. The summed E-state index contributed by atoms with van der Waals surface area (Å²) < 4.78 is 15.1. The first-order valence-corrected chi connectivity index (χ1v) is 7.65. The minimum atomic E-state index is -0.555. The second-order valence-electron chi connectivity index (χ2n) is 4.21. The highest BCUT2D eigenvalue weighted by Gasteiger charge is 2.15. The van der Waals surface area contributed by atoms with Crippen molar-refractivity contribution in [1.82, 2.24) is 0 Å². The molecule has 1 N–H and O–H groups in total. The van der Waals surface area contributed by atoms with Crippen molar-refractivity contribution in [1.29, 1.82) is 0 Å². The molecule has 5 heteroatoms. The van der Waals surface area contributed by atoms with Crippen LogP contribution in [0.1, 0.15) is 22.8 Å². The highest BCUT2D eigenvalue weighted by molar-refractivity contribution is 9.10. The van der Waals surface area contributed by atoms with Crippen molar-refractivity contribution in [3.8, 4) is 0 Å². The molecular weight excluding hydrogens is 389 g/mol. The molecule has 2 aromatic rings. The van der Waals surface area contributed by atoms with E-state index in [4.69, 9.17) is 0 Å². The van der Waals surface area contributed by atoms with Gasteiger partial charge in [-0.25, -0.2) is 4.39 Å². The molecule has 0 aliphatic heterocycles. The fraction of sp³-hybridized carbons (Fsp3) is 0.133. The summed E-state index contributed by atoms with van der Waals surface area (Å²) in [5.74, 6) is -1.01. The van der Waals surface area contributed by atoms with Crippen molar-refractivity contribution in [2.45, 2.75) is 13.3 Å². The van der Waals surface area contributed by atoms with Gasteiger partial charge >= 0.3 is 0 Å². The van der Waals surface area contributed by atoms with Gasteiger partial charge in [0.05, 0.1) is 10.0 Å². The highest BCUT2D eigenvalue weighted by Crippen LogP contribution is 2.24. The Morgan fingerprint density at radius 1 is 1.25 bits per heavy atom. The number of amides is 1. The summed E-state index contributed by atoms with van der Waals surface area (Å²) in [5, 5.41) is 2.75. The van der Waals surface area contributed by atoms with E-state index in [9.17, 15) is 9.18 Å². The molecule has 0 atom stereocenters. The predicted octanol–water partition coefficient (Wildman–Crippen LogP) is 5.17. The zero-order valence-electron chi connectivity index (χ0n) is 10.7. The van der Waals surface area contributed by atoms with Gasteiger partial charge in [-0.05, 0) is 58.2 Å². The fourth-order valence-corrected chi connectivity index (χ4v) is 2.62. The molecule has 0 fully saturated rings. The summed E-state index contributed by atoms with van der Waals surface area (Å²) in [4.78, 5) is 12.2. The van der Waals surface area contributed by atoms with E-state index in [1.54, 1.807) is 18.2 Å². The molecule has 0 heterocycles. The fourth-order valence-electron chi connectivity index (χ4n) is 1.85. The van der Waals surface area contributed by atoms with Gasteiger partial charge in [-0.1, -0.05) is 28.9 Å². The molecule has 0 radical (unpaired) electrons. The van der Waals surface area contributed by atoms with Crippen LogP contribution in [0.5, 0.6) is 0 Å². The van der Waals surface area contributed by atoms with E-state index in [0.717, 1.165) is 16.5 Å². The molecule has 0 saturated carbocycles. The van der Waals surface area contributed by atoms with Crippen LogP contribution in [0.3, 0.4) is 0 Å². The number of nitrogens with one attached hydrogen (secondary N) is 1. The Morgan fingerprint density at radius 3 is 2.70 bits per heavy atom. The maximum absolute atomic E-state index is 13.9. The molecule has 0 saturated heterocycles. The average Bonchev–Trinajstić information content (AvgIpc) is 2.43. The molecule has 2 aromatic carbocycles. The zero-order chi connectivity index (χ0) is 14.7. The van der Waals surface area contributed by atoms with E-state index in [0.29, 0.717) is 5.69 Å². The number of carbonyl (C=O) groups is 1. The third-order valence-corrected chi connectivity index (χ3v) is 4.00. The Labute approximate surface area is 133 Å². The van der Waals surface area contributed by atoms with Crippen molar-refractivity contribution in [2.75, 3.05) is 5.32 Å². The lowest BCUT2D eigenvalue weighted by molar-refractivity contribution is 0.102. The second kappa shape index (κ2) is 6.50. The number of anilines is 1. The quantitative estimate of drug-likeness (QED) is 0.756. The van der Waals surface area contributed by atoms with Gasteiger partial charge in [0.25, 0.3) is 5.91 Å². The van der Waals surface area contributed by atoms with Crippen LogP contribution in [-0.2, 0) is 6.42 Å². The summed E-state index contributed by atoms with van der Waals surface area (Å²) in [5.41, 5.74) is 1.70. The molecule has 0 bridgehead atoms. The van der Waals surface area contributed by atoms with Gasteiger partial charge in [0.15, 0.2) is 0 Å². The smallest absolute Gasteiger partial charge is 0.258 e. The van der Waals surface area contributed by atoms with Gasteiger partial charge in [-0.2, -0.15) is 0 Å². The van der Waals surface area contributed by atoms with Crippen molar-refractivity contribution in [3.05, 3.63) is 62.3 Å². The lowest BCUT2D eigenvalue weighted by Gasteiger charge is -2.11. The predicted molar refractivity (Wildman–Crippen MR) is 85.6 cm³/mol. The van der Waals surface area contributed by atoms with Crippen LogP contribution in [0.2, 0.25) is 0 Å². The Kier molecular flexibility index (Phi) is 4.94. The largest absolute Gasteiger partial charge is 0.322 e. The Hall–Kier alpha value is -1.20. The first-order chi connectivity index (χ1) is 9.52. The number of hydrogen-bond donors (Lipinski definition) is 1. The maximum Gasteiger partial charge on any atom is 0.258 e. The van der Waals surface area contributed by atoms with E-state index >= 15 is 0 Å². The van der Waals surface area contributed by atoms with E-state index in [1.165, 1.54) is 6.07 Å².